The first kappa shape index (κ1) is 18.9. The normalized spacial score (nSPS) is 19.6. The van der Waals surface area contributed by atoms with Gasteiger partial charge in [-0.3, -0.25) is 4.79 Å². The third kappa shape index (κ3) is 3.88. The Kier molecular flexibility index (Phi) is 5.59. The van der Waals surface area contributed by atoms with E-state index >= 15 is 0 Å². The molecule has 1 atom stereocenters. The lowest BCUT2D eigenvalue weighted by molar-refractivity contribution is -0.0451. The van der Waals surface area contributed by atoms with Crippen LogP contribution in [0.15, 0.2) is 36.5 Å². The number of hydrogen-bond acceptors (Lipinski definition) is 5. The van der Waals surface area contributed by atoms with Gasteiger partial charge in [0.15, 0.2) is 0 Å². The molecule has 0 bridgehead atoms. The van der Waals surface area contributed by atoms with Gasteiger partial charge in [0.2, 0.25) is 11.8 Å². The van der Waals surface area contributed by atoms with E-state index in [0.29, 0.717) is 17.5 Å². The molecule has 4 rings (SSSR count). The highest BCUT2D eigenvalue weighted by molar-refractivity contribution is 5.92. The van der Waals surface area contributed by atoms with Gasteiger partial charge >= 0.3 is 0 Å². The molecule has 0 spiro atoms. The Balaban J connectivity index is 1.53. The standard InChI is InChI=1S/C22H28N4O2/c1-2-26(25-12-3-4-13-25)20-7-5-6-16-14-18(9-10-19(16)20)28-21-11-8-17(15-24-21)22(23)27/h8-11,14-15,20H,2-7,12-13H2,1H3,(H2,23,27). The van der Waals surface area contributed by atoms with Gasteiger partial charge in [-0.15, -0.1) is 0 Å². The minimum Gasteiger partial charge on any atom is -0.439 e. The number of amides is 1. The molecule has 1 amide bonds. The second-order valence-electron chi connectivity index (χ2n) is 7.54. The maximum Gasteiger partial charge on any atom is 0.250 e. The number of aromatic nitrogens is 1. The highest BCUT2D eigenvalue weighted by Crippen LogP contribution is 2.38. The number of nitrogens with zero attached hydrogens (tertiary/aromatic N) is 3. The molecule has 1 aromatic carbocycles. The van der Waals surface area contributed by atoms with Crippen LogP contribution in [0.3, 0.4) is 0 Å². The van der Waals surface area contributed by atoms with E-state index in [0.717, 1.165) is 18.7 Å². The summed E-state index contributed by atoms with van der Waals surface area (Å²) in [5.74, 6) is 0.755. The average Bonchev–Trinajstić information content (AvgIpc) is 3.23. The first-order valence-corrected chi connectivity index (χ1v) is 10.2. The fraction of sp³-hybridized carbons (Fsp3) is 0.455. The van der Waals surface area contributed by atoms with Crippen LogP contribution in [0.25, 0.3) is 0 Å². The summed E-state index contributed by atoms with van der Waals surface area (Å²) in [6.45, 7) is 5.64. The molecule has 28 heavy (non-hydrogen) atoms. The summed E-state index contributed by atoms with van der Waals surface area (Å²) in [5, 5.41) is 5.10. The highest BCUT2D eigenvalue weighted by atomic mass is 16.5. The lowest BCUT2D eigenvalue weighted by Gasteiger charge is -2.40. The van der Waals surface area contributed by atoms with Crippen LogP contribution in [-0.4, -0.2) is 40.5 Å². The Morgan fingerprint density at radius 2 is 2.07 bits per heavy atom. The first-order valence-electron chi connectivity index (χ1n) is 10.2. The zero-order valence-electron chi connectivity index (χ0n) is 16.4. The molecule has 1 saturated heterocycles. The number of carbonyl (C=O) groups is 1. The number of carbonyl (C=O) groups excluding carboxylic acids is 1. The van der Waals surface area contributed by atoms with E-state index in [1.54, 1.807) is 12.1 Å². The summed E-state index contributed by atoms with van der Waals surface area (Å²) in [4.78, 5) is 15.3. The fourth-order valence-electron chi connectivity index (χ4n) is 4.42. The zero-order valence-corrected chi connectivity index (χ0v) is 16.4. The third-order valence-corrected chi connectivity index (χ3v) is 5.77. The predicted octanol–water partition coefficient (Wildman–Crippen LogP) is 3.68. The van der Waals surface area contributed by atoms with Crippen LogP contribution in [-0.2, 0) is 6.42 Å². The summed E-state index contributed by atoms with van der Waals surface area (Å²) in [6, 6.07) is 10.1. The third-order valence-electron chi connectivity index (χ3n) is 5.77. The van der Waals surface area contributed by atoms with Crippen molar-refractivity contribution in [1.82, 2.24) is 15.0 Å². The van der Waals surface area contributed by atoms with Crippen LogP contribution in [0.5, 0.6) is 11.6 Å². The van der Waals surface area contributed by atoms with Crippen molar-refractivity contribution in [1.29, 1.82) is 0 Å². The Hall–Kier alpha value is -2.44. The van der Waals surface area contributed by atoms with Gasteiger partial charge in [0.05, 0.1) is 5.56 Å². The van der Waals surface area contributed by atoms with Crippen LogP contribution in [0.2, 0.25) is 0 Å². The van der Waals surface area contributed by atoms with E-state index in [1.165, 1.54) is 56.1 Å². The van der Waals surface area contributed by atoms with Crippen molar-refractivity contribution in [3.63, 3.8) is 0 Å². The van der Waals surface area contributed by atoms with Gasteiger partial charge < -0.3 is 10.5 Å². The maximum absolute atomic E-state index is 11.2. The number of rotatable bonds is 6. The van der Waals surface area contributed by atoms with Crippen LogP contribution < -0.4 is 10.5 Å². The molecule has 1 aliphatic carbocycles. The van der Waals surface area contributed by atoms with Gasteiger partial charge in [0.1, 0.15) is 5.75 Å². The lowest BCUT2D eigenvalue weighted by atomic mass is 9.87. The van der Waals surface area contributed by atoms with Crippen LogP contribution >= 0.6 is 0 Å². The molecule has 1 aliphatic heterocycles. The number of pyridine rings is 1. The molecule has 2 aliphatic rings. The number of aryl methyl sites for hydroxylation is 1. The predicted molar refractivity (Wildman–Crippen MR) is 108 cm³/mol. The summed E-state index contributed by atoms with van der Waals surface area (Å²) in [7, 11) is 0. The summed E-state index contributed by atoms with van der Waals surface area (Å²) in [6.07, 6.45) is 7.51. The Bertz CT molecular complexity index is 831. The van der Waals surface area contributed by atoms with Crippen molar-refractivity contribution in [3.05, 3.63) is 53.2 Å². The largest absolute Gasteiger partial charge is 0.439 e. The smallest absolute Gasteiger partial charge is 0.250 e. The van der Waals surface area contributed by atoms with Crippen molar-refractivity contribution < 1.29 is 9.53 Å². The quantitative estimate of drug-likeness (QED) is 0.828. The molecule has 1 unspecified atom stereocenters. The van der Waals surface area contributed by atoms with Gasteiger partial charge in [0, 0.05) is 37.9 Å². The summed E-state index contributed by atoms with van der Waals surface area (Å²) < 4.78 is 5.91. The van der Waals surface area contributed by atoms with E-state index in [9.17, 15) is 4.79 Å². The number of nitrogens with two attached hydrogens (primary N) is 1. The van der Waals surface area contributed by atoms with Crippen molar-refractivity contribution in [2.24, 2.45) is 5.73 Å². The van der Waals surface area contributed by atoms with Crippen LogP contribution in [0, 0.1) is 0 Å². The van der Waals surface area contributed by atoms with Gasteiger partial charge in [-0.1, -0.05) is 13.0 Å². The van der Waals surface area contributed by atoms with Gasteiger partial charge in [-0.25, -0.2) is 15.0 Å². The Morgan fingerprint density at radius 3 is 2.75 bits per heavy atom. The van der Waals surface area contributed by atoms with Crippen LogP contribution in [0.1, 0.15) is 60.1 Å². The summed E-state index contributed by atoms with van der Waals surface area (Å²) >= 11 is 0. The van der Waals surface area contributed by atoms with Gasteiger partial charge in [-0.05, 0) is 61.4 Å². The topological polar surface area (TPSA) is 71.7 Å². The Morgan fingerprint density at radius 1 is 1.25 bits per heavy atom. The molecule has 1 fully saturated rings. The van der Waals surface area contributed by atoms with E-state index < -0.39 is 5.91 Å². The number of primary amides is 1. The van der Waals surface area contributed by atoms with E-state index in [4.69, 9.17) is 10.5 Å². The Labute approximate surface area is 166 Å². The van der Waals surface area contributed by atoms with Crippen molar-refractivity contribution in [2.75, 3.05) is 19.6 Å². The summed E-state index contributed by atoms with van der Waals surface area (Å²) in [5.41, 5.74) is 8.42. The number of fused-ring (bicyclic) bond motifs is 1. The van der Waals surface area contributed by atoms with Gasteiger partial charge in [-0.2, -0.15) is 0 Å². The molecule has 6 heteroatoms. The fourth-order valence-corrected chi connectivity index (χ4v) is 4.42. The molecule has 1 aromatic heterocycles. The zero-order chi connectivity index (χ0) is 19.5. The second kappa shape index (κ2) is 8.29. The molecule has 2 N–H and O–H groups in total. The number of benzene rings is 1. The molecule has 6 nitrogen and oxygen atoms in total. The molecular formula is C22H28N4O2. The monoisotopic (exact) mass is 380 g/mol. The minimum absolute atomic E-state index is 0.377. The average molecular weight is 380 g/mol. The van der Waals surface area contributed by atoms with Crippen molar-refractivity contribution in [3.8, 4) is 11.6 Å². The molecule has 2 aromatic rings. The molecule has 148 valence electrons. The number of hydrazine groups is 1. The maximum atomic E-state index is 11.2. The van der Waals surface area contributed by atoms with E-state index in [-0.39, 0.29) is 0 Å². The van der Waals surface area contributed by atoms with Crippen LogP contribution in [0.4, 0.5) is 0 Å². The second-order valence-corrected chi connectivity index (χ2v) is 7.54. The van der Waals surface area contributed by atoms with Crippen molar-refractivity contribution in [2.45, 2.75) is 45.1 Å². The highest BCUT2D eigenvalue weighted by Gasteiger charge is 2.30. The first-order chi connectivity index (χ1) is 13.7. The molecule has 0 radical (unpaired) electrons. The van der Waals surface area contributed by atoms with E-state index in [2.05, 4.69) is 34.1 Å². The molecular weight excluding hydrogens is 352 g/mol. The SMILES string of the molecule is CCN(C1CCCc2cc(Oc3ccc(C(N)=O)cn3)ccc21)N1CCCC1. The van der Waals surface area contributed by atoms with Crippen molar-refractivity contribution >= 4 is 5.91 Å². The molecule has 0 saturated carbocycles. The van der Waals surface area contributed by atoms with Gasteiger partial charge in [0.25, 0.3) is 0 Å². The number of hydrogen-bond donors (Lipinski definition) is 1. The van der Waals surface area contributed by atoms with E-state index in [1.807, 2.05) is 6.07 Å². The molecule has 2 heterocycles. The lowest BCUT2D eigenvalue weighted by Crippen LogP contribution is -2.44. The minimum atomic E-state index is -0.489. The number of ether oxygens (including phenoxy) is 1.